The number of nitrogens with zero attached hydrogens (tertiary/aromatic N) is 4. The second-order valence-corrected chi connectivity index (χ2v) is 9.02. The number of halogens is 6. The van der Waals surface area contributed by atoms with Crippen LogP contribution in [0.3, 0.4) is 0 Å². The number of ether oxygens (including phenoxy) is 1. The molecule has 3 heterocycles. The molecule has 4 rings (SSSR count). The summed E-state index contributed by atoms with van der Waals surface area (Å²) >= 11 is 12.6. The Labute approximate surface area is 208 Å². The number of nitrogen functional groups attached to an aromatic ring is 1. The van der Waals surface area contributed by atoms with E-state index in [2.05, 4.69) is 15.0 Å². The number of pyridine rings is 1. The summed E-state index contributed by atoms with van der Waals surface area (Å²) in [6, 6.07) is 3.33. The molecule has 2 N–H and O–H groups in total. The van der Waals surface area contributed by atoms with Gasteiger partial charge in [0.1, 0.15) is 11.4 Å². The van der Waals surface area contributed by atoms with Crippen molar-refractivity contribution in [3.8, 4) is 16.9 Å². The minimum atomic E-state index is -4.64. The highest BCUT2D eigenvalue weighted by Crippen LogP contribution is 2.45. The summed E-state index contributed by atoms with van der Waals surface area (Å²) in [5.74, 6) is -0.985. The van der Waals surface area contributed by atoms with Gasteiger partial charge in [-0.1, -0.05) is 29.3 Å². The molecular formula is C23H20Cl2F4N5O+. The zero-order valence-electron chi connectivity index (χ0n) is 18.7. The summed E-state index contributed by atoms with van der Waals surface area (Å²) < 4.78 is 62.2. The van der Waals surface area contributed by atoms with E-state index in [0.717, 1.165) is 18.3 Å². The molecule has 0 aliphatic carbocycles. The molecule has 2 aromatic heterocycles. The Balaban J connectivity index is 1.89. The van der Waals surface area contributed by atoms with Gasteiger partial charge >= 0.3 is 6.18 Å². The summed E-state index contributed by atoms with van der Waals surface area (Å²) in [7, 11) is 0. The third-order valence-corrected chi connectivity index (χ3v) is 6.05. The molecule has 184 valence electrons. The van der Waals surface area contributed by atoms with Crippen LogP contribution in [-0.4, -0.2) is 21.2 Å². The van der Waals surface area contributed by atoms with Gasteiger partial charge in [-0.15, -0.1) is 0 Å². The summed E-state index contributed by atoms with van der Waals surface area (Å²) in [6.45, 7) is 5.32. The van der Waals surface area contributed by atoms with Crippen LogP contribution >= 0.6 is 23.2 Å². The van der Waals surface area contributed by atoms with E-state index < -0.39 is 35.9 Å². The number of alkyl halides is 3. The average Bonchev–Trinajstić information content (AvgIpc) is 3.13. The number of fused-ring (bicyclic) bond motifs is 1. The molecule has 0 bridgehead atoms. The Morgan fingerprint density at radius 2 is 1.86 bits per heavy atom. The summed E-state index contributed by atoms with van der Waals surface area (Å²) in [6.07, 6.45) is -1.49. The van der Waals surface area contributed by atoms with E-state index in [-0.39, 0.29) is 32.9 Å². The van der Waals surface area contributed by atoms with Crippen LogP contribution in [0.4, 0.5) is 23.4 Å². The van der Waals surface area contributed by atoms with Crippen molar-refractivity contribution in [3.05, 3.63) is 64.6 Å². The van der Waals surface area contributed by atoms with Crippen molar-refractivity contribution in [1.82, 2.24) is 9.97 Å². The number of anilines is 1. The molecule has 0 spiro atoms. The van der Waals surface area contributed by atoms with E-state index >= 15 is 4.39 Å². The minimum absolute atomic E-state index is 0.0801. The normalized spacial score (nSPS) is 16.3. The van der Waals surface area contributed by atoms with E-state index in [9.17, 15) is 13.2 Å². The zero-order valence-corrected chi connectivity index (χ0v) is 20.3. The first-order valence-electron chi connectivity index (χ1n) is 10.5. The molecule has 0 saturated heterocycles. The van der Waals surface area contributed by atoms with Crippen molar-refractivity contribution in [2.75, 3.05) is 5.73 Å². The van der Waals surface area contributed by atoms with Crippen LogP contribution in [0.5, 0.6) is 5.75 Å². The van der Waals surface area contributed by atoms with Gasteiger partial charge in [0.2, 0.25) is 5.17 Å². The first-order chi connectivity index (χ1) is 16.4. The number of hydrogen-bond donors (Lipinski definition) is 1. The number of nitrogens with two attached hydrogens (primary N) is 1. The molecule has 3 aromatic rings. The van der Waals surface area contributed by atoms with Crippen molar-refractivity contribution in [2.24, 2.45) is 4.99 Å². The highest BCUT2D eigenvalue weighted by Gasteiger charge is 2.41. The quantitative estimate of drug-likeness (QED) is 0.329. The fraction of sp³-hybridized carbons (Fsp3) is 0.304. The molecule has 12 heteroatoms. The Morgan fingerprint density at radius 3 is 2.46 bits per heavy atom. The number of rotatable bonds is 5. The standard InChI is InChI=1S/C23H20Cl2F4N5O/c1-10(2)35-19-13(11(3)22-33-20(25)18-21(30)31-6-7-34(18)22)8-14(24)17(26)16(19)12-4-5-15(32-9-12)23(27,28)29/h4-11,22H,1-3H3,(H2,30,31)/q+1/t11-,22?/m0/s1. The lowest BCUT2D eigenvalue weighted by Gasteiger charge is -2.23. The lowest BCUT2D eigenvalue weighted by atomic mass is 9.92. The summed E-state index contributed by atoms with van der Waals surface area (Å²) in [4.78, 5) is 12.0. The molecule has 0 amide bonds. The minimum Gasteiger partial charge on any atom is -0.490 e. The van der Waals surface area contributed by atoms with Crippen molar-refractivity contribution in [1.29, 1.82) is 0 Å². The predicted molar refractivity (Wildman–Crippen MR) is 124 cm³/mol. The van der Waals surface area contributed by atoms with Crippen LogP contribution in [0.2, 0.25) is 5.02 Å². The summed E-state index contributed by atoms with van der Waals surface area (Å²) in [5.41, 5.74) is 5.77. The van der Waals surface area contributed by atoms with Crippen LogP contribution in [0.1, 0.15) is 49.8 Å². The lowest BCUT2D eigenvalue weighted by Crippen LogP contribution is -2.42. The number of aliphatic imine (C=N–C) groups is 1. The first-order valence-corrected chi connectivity index (χ1v) is 11.3. The van der Waals surface area contributed by atoms with E-state index in [0.29, 0.717) is 11.3 Å². The van der Waals surface area contributed by atoms with Gasteiger partial charge in [0, 0.05) is 17.3 Å². The maximum absolute atomic E-state index is 15.4. The van der Waals surface area contributed by atoms with Gasteiger partial charge in [0.25, 0.3) is 11.9 Å². The zero-order chi connectivity index (χ0) is 25.7. The predicted octanol–water partition coefficient (Wildman–Crippen LogP) is 5.91. The van der Waals surface area contributed by atoms with Gasteiger partial charge in [-0.3, -0.25) is 4.98 Å². The number of hydrogen-bond acceptors (Lipinski definition) is 5. The fourth-order valence-corrected chi connectivity index (χ4v) is 4.44. The van der Waals surface area contributed by atoms with E-state index in [1.165, 1.54) is 12.3 Å². The first kappa shape index (κ1) is 25.1. The van der Waals surface area contributed by atoms with Gasteiger partial charge in [-0.2, -0.15) is 22.7 Å². The van der Waals surface area contributed by atoms with Gasteiger partial charge < -0.3 is 10.5 Å². The Bertz CT molecular complexity index is 1310. The Hall–Kier alpha value is -2.98. The van der Waals surface area contributed by atoms with Crippen molar-refractivity contribution < 1.29 is 26.9 Å². The van der Waals surface area contributed by atoms with Crippen molar-refractivity contribution in [2.45, 2.75) is 45.1 Å². The molecule has 0 fully saturated rings. The number of benzene rings is 1. The molecule has 35 heavy (non-hydrogen) atoms. The van der Waals surface area contributed by atoms with Crippen LogP contribution in [-0.2, 0) is 6.18 Å². The maximum Gasteiger partial charge on any atom is 0.433 e. The van der Waals surface area contributed by atoms with E-state index in [1.807, 2.05) is 6.92 Å². The summed E-state index contributed by atoms with van der Waals surface area (Å²) in [5, 5.41) is -0.0652. The van der Waals surface area contributed by atoms with Gasteiger partial charge in [0.05, 0.1) is 28.8 Å². The highest BCUT2D eigenvalue weighted by molar-refractivity contribution is 6.69. The second kappa shape index (κ2) is 9.23. The largest absolute Gasteiger partial charge is 0.490 e. The average molecular weight is 529 g/mol. The SMILES string of the molecule is CC(C)Oc1c([C@H](C)C2N=C(Cl)c3c(N)ncc[n+]32)cc(Cl)c(F)c1-c1ccc(C(F)(F)F)nc1. The molecule has 2 atom stereocenters. The van der Waals surface area contributed by atoms with Gasteiger partial charge in [-0.05, 0) is 32.9 Å². The van der Waals surface area contributed by atoms with E-state index in [1.54, 1.807) is 24.6 Å². The van der Waals surface area contributed by atoms with Crippen LogP contribution < -0.4 is 15.0 Å². The maximum atomic E-state index is 15.4. The topological polar surface area (TPSA) is 77.3 Å². The lowest BCUT2D eigenvalue weighted by molar-refractivity contribution is -0.719. The highest BCUT2D eigenvalue weighted by atomic mass is 35.5. The molecular weight excluding hydrogens is 509 g/mol. The van der Waals surface area contributed by atoms with Gasteiger partial charge in [0.15, 0.2) is 17.8 Å². The van der Waals surface area contributed by atoms with Crippen LogP contribution in [0.15, 0.2) is 41.8 Å². The molecule has 1 unspecified atom stereocenters. The van der Waals surface area contributed by atoms with Crippen LogP contribution in [0, 0.1) is 5.82 Å². The molecule has 0 saturated carbocycles. The Kier molecular flexibility index (Phi) is 6.63. The third kappa shape index (κ3) is 4.64. The second-order valence-electron chi connectivity index (χ2n) is 8.25. The Morgan fingerprint density at radius 1 is 1.14 bits per heavy atom. The van der Waals surface area contributed by atoms with Crippen molar-refractivity contribution >= 4 is 34.2 Å². The third-order valence-electron chi connectivity index (χ3n) is 5.50. The monoisotopic (exact) mass is 528 g/mol. The molecule has 0 radical (unpaired) electrons. The number of aromatic nitrogens is 3. The van der Waals surface area contributed by atoms with E-state index in [4.69, 9.17) is 33.7 Å². The van der Waals surface area contributed by atoms with Crippen LogP contribution in [0.25, 0.3) is 11.1 Å². The molecule has 1 aliphatic heterocycles. The van der Waals surface area contributed by atoms with Gasteiger partial charge in [-0.25, -0.2) is 9.37 Å². The molecule has 6 nitrogen and oxygen atoms in total. The smallest absolute Gasteiger partial charge is 0.433 e. The molecule has 1 aromatic carbocycles. The fourth-order valence-electron chi connectivity index (χ4n) is 3.94. The molecule has 1 aliphatic rings. The van der Waals surface area contributed by atoms with Crippen molar-refractivity contribution in [3.63, 3.8) is 0 Å².